The molecule has 5 nitrogen and oxygen atoms in total. The molecule has 0 saturated heterocycles. The topological polar surface area (TPSA) is 79.3 Å². The predicted molar refractivity (Wildman–Crippen MR) is 65.5 cm³/mol. The Morgan fingerprint density at radius 1 is 1.39 bits per heavy atom. The Labute approximate surface area is 109 Å². The van der Waals surface area contributed by atoms with Gasteiger partial charge in [0.1, 0.15) is 5.69 Å². The van der Waals surface area contributed by atoms with E-state index < -0.39 is 11.9 Å². The lowest BCUT2D eigenvalue weighted by atomic mass is 10.0. The van der Waals surface area contributed by atoms with E-state index >= 15 is 0 Å². The number of halogens is 1. The van der Waals surface area contributed by atoms with Crippen LogP contribution in [0.5, 0.6) is 0 Å². The SMILES string of the molecule is O=C(N[C@@H]1CCC[C@@H]1C(=O)O)c1ccc(Cl)cn1. The first-order chi connectivity index (χ1) is 8.58. The third kappa shape index (κ3) is 2.79. The molecule has 1 aromatic rings. The van der Waals surface area contributed by atoms with E-state index in [1.54, 1.807) is 6.07 Å². The lowest BCUT2D eigenvalue weighted by Gasteiger charge is -2.17. The molecule has 96 valence electrons. The van der Waals surface area contributed by atoms with Crippen LogP contribution in [0.15, 0.2) is 18.3 Å². The molecule has 1 aliphatic carbocycles. The van der Waals surface area contributed by atoms with Crippen LogP contribution in [0.1, 0.15) is 29.8 Å². The second kappa shape index (κ2) is 5.35. The summed E-state index contributed by atoms with van der Waals surface area (Å²) in [6, 6.07) is 2.78. The monoisotopic (exact) mass is 268 g/mol. The normalized spacial score (nSPS) is 22.7. The number of aliphatic carboxylic acids is 1. The first-order valence-electron chi connectivity index (χ1n) is 5.73. The molecule has 2 N–H and O–H groups in total. The Kier molecular flexibility index (Phi) is 3.81. The van der Waals surface area contributed by atoms with Crippen molar-refractivity contribution in [3.8, 4) is 0 Å². The molecular weight excluding hydrogens is 256 g/mol. The first kappa shape index (κ1) is 12.8. The van der Waals surface area contributed by atoms with Crippen molar-refractivity contribution in [3.05, 3.63) is 29.0 Å². The number of carboxylic acid groups (broad SMARTS) is 1. The van der Waals surface area contributed by atoms with Gasteiger partial charge in [0.2, 0.25) is 0 Å². The molecule has 1 amide bonds. The number of aromatic nitrogens is 1. The highest BCUT2D eigenvalue weighted by Gasteiger charge is 2.34. The number of carboxylic acids is 1. The number of hydrogen-bond acceptors (Lipinski definition) is 3. The fraction of sp³-hybridized carbons (Fsp3) is 0.417. The van der Waals surface area contributed by atoms with Crippen molar-refractivity contribution in [3.63, 3.8) is 0 Å². The summed E-state index contributed by atoms with van der Waals surface area (Å²) in [5.41, 5.74) is 0.246. The summed E-state index contributed by atoms with van der Waals surface area (Å²) >= 11 is 5.68. The van der Waals surface area contributed by atoms with Crippen LogP contribution in [0.25, 0.3) is 0 Å². The van der Waals surface area contributed by atoms with E-state index in [4.69, 9.17) is 16.7 Å². The van der Waals surface area contributed by atoms with Crippen LogP contribution in [-0.2, 0) is 4.79 Å². The van der Waals surface area contributed by atoms with Crippen LogP contribution in [0, 0.1) is 5.92 Å². The summed E-state index contributed by atoms with van der Waals surface area (Å²) in [6.07, 6.45) is 3.50. The maximum Gasteiger partial charge on any atom is 0.308 e. The summed E-state index contributed by atoms with van der Waals surface area (Å²) < 4.78 is 0. The maximum absolute atomic E-state index is 11.9. The van der Waals surface area contributed by atoms with Gasteiger partial charge in [0.15, 0.2) is 0 Å². The van der Waals surface area contributed by atoms with Gasteiger partial charge in [0, 0.05) is 12.2 Å². The molecule has 1 aromatic heterocycles. The van der Waals surface area contributed by atoms with E-state index in [2.05, 4.69) is 10.3 Å². The van der Waals surface area contributed by atoms with Crippen molar-refractivity contribution in [2.45, 2.75) is 25.3 Å². The van der Waals surface area contributed by atoms with Gasteiger partial charge in [-0.1, -0.05) is 18.0 Å². The predicted octanol–water partition coefficient (Wildman–Crippen LogP) is 1.72. The average Bonchev–Trinajstić information content (AvgIpc) is 2.78. The van der Waals surface area contributed by atoms with Gasteiger partial charge in [-0.2, -0.15) is 0 Å². The molecule has 1 saturated carbocycles. The largest absolute Gasteiger partial charge is 0.481 e. The van der Waals surface area contributed by atoms with Crippen molar-refractivity contribution in [1.29, 1.82) is 0 Å². The zero-order chi connectivity index (χ0) is 13.1. The number of amides is 1. The summed E-state index contributed by atoms with van der Waals surface area (Å²) in [7, 11) is 0. The Bertz CT molecular complexity index is 461. The van der Waals surface area contributed by atoms with Crippen LogP contribution < -0.4 is 5.32 Å². The zero-order valence-electron chi connectivity index (χ0n) is 9.60. The average molecular weight is 269 g/mol. The van der Waals surface area contributed by atoms with Gasteiger partial charge in [-0.25, -0.2) is 4.98 Å². The number of nitrogens with zero attached hydrogens (tertiary/aromatic N) is 1. The molecule has 0 radical (unpaired) electrons. The van der Waals surface area contributed by atoms with Crippen LogP contribution >= 0.6 is 11.6 Å². The molecule has 6 heteroatoms. The molecule has 2 rings (SSSR count). The highest BCUT2D eigenvalue weighted by Crippen LogP contribution is 2.26. The number of nitrogens with one attached hydrogen (secondary N) is 1. The number of hydrogen-bond donors (Lipinski definition) is 2. The van der Waals surface area contributed by atoms with Crippen molar-refractivity contribution in [2.75, 3.05) is 0 Å². The Morgan fingerprint density at radius 3 is 2.78 bits per heavy atom. The number of rotatable bonds is 3. The van der Waals surface area contributed by atoms with Gasteiger partial charge < -0.3 is 10.4 Å². The summed E-state index contributed by atoms with van der Waals surface area (Å²) in [5.74, 6) is -1.71. The number of carbonyl (C=O) groups excluding carboxylic acids is 1. The second-order valence-electron chi connectivity index (χ2n) is 4.32. The highest BCUT2D eigenvalue weighted by atomic mass is 35.5. The van der Waals surface area contributed by atoms with Gasteiger partial charge in [-0.15, -0.1) is 0 Å². The van der Waals surface area contributed by atoms with Gasteiger partial charge in [-0.3, -0.25) is 9.59 Å². The smallest absolute Gasteiger partial charge is 0.308 e. The van der Waals surface area contributed by atoms with Gasteiger partial charge in [-0.05, 0) is 25.0 Å². The fourth-order valence-corrected chi connectivity index (χ4v) is 2.29. The first-order valence-corrected chi connectivity index (χ1v) is 6.11. The summed E-state index contributed by atoms with van der Waals surface area (Å²) in [4.78, 5) is 26.8. The van der Waals surface area contributed by atoms with Crippen LogP contribution in [0.4, 0.5) is 0 Å². The third-order valence-corrected chi connectivity index (χ3v) is 3.33. The maximum atomic E-state index is 11.9. The quantitative estimate of drug-likeness (QED) is 0.875. The van der Waals surface area contributed by atoms with Crippen LogP contribution in [0.2, 0.25) is 5.02 Å². The molecule has 0 spiro atoms. The van der Waals surface area contributed by atoms with Gasteiger partial charge >= 0.3 is 5.97 Å². The van der Waals surface area contributed by atoms with Crippen molar-refractivity contribution in [2.24, 2.45) is 5.92 Å². The third-order valence-electron chi connectivity index (χ3n) is 3.11. The summed E-state index contributed by atoms with van der Waals surface area (Å²) in [5, 5.41) is 12.2. The van der Waals surface area contributed by atoms with E-state index in [0.29, 0.717) is 17.9 Å². The number of pyridine rings is 1. The lowest BCUT2D eigenvalue weighted by molar-refractivity contribution is -0.142. The van der Waals surface area contributed by atoms with E-state index in [1.165, 1.54) is 12.3 Å². The Balaban J connectivity index is 2.03. The molecule has 0 aliphatic heterocycles. The van der Waals surface area contributed by atoms with Crippen molar-refractivity contribution >= 4 is 23.5 Å². The molecule has 0 unspecified atom stereocenters. The van der Waals surface area contributed by atoms with Crippen LogP contribution in [-0.4, -0.2) is 28.0 Å². The second-order valence-corrected chi connectivity index (χ2v) is 4.75. The van der Waals surface area contributed by atoms with E-state index in [9.17, 15) is 9.59 Å². The molecule has 2 atom stereocenters. The minimum absolute atomic E-state index is 0.246. The molecule has 0 bridgehead atoms. The molecule has 1 fully saturated rings. The van der Waals surface area contributed by atoms with Gasteiger partial charge in [0.05, 0.1) is 10.9 Å². The van der Waals surface area contributed by atoms with Crippen molar-refractivity contribution < 1.29 is 14.7 Å². The summed E-state index contributed by atoms with van der Waals surface area (Å²) in [6.45, 7) is 0. The highest BCUT2D eigenvalue weighted by molar-refractivity contribution is 6.30. The lowest BCUT2D eigenvalue weighted by Crippen LogP contribution is -2.40. The standard InChI is InChI=1S/C12H13ClN2O3/c13-7-4-5-10(14-6-7)11(16)15-9-3-1-2-8(9)12(17)18/h4-6,8-9H,1-3H2,(H,15,16)(H,17,18)/t8-,9+/m0/s1. The Hall–Kier alpha value is -1.62. The zero-order valence-corrected chi connectivity index (χ0v) is 10.4. The van der Waals surface area contributed by atoms with E-state index in [-0.39, 0.29) is 17.6 Å². The molecule has 18 heavy (non-hydrogen) atoms. The van der Waals surface area contributed by atoms with Crippen LogP contribution in [0.3, 0.4) is 0 Å². The number of carbonyl (C=O) groups is 2. The fourth-order valence-electron chi connectivity index (χ4n) is 2.18. The van der Waals surface area contributed by atoms with Gasteiger partial charge in [0.25, 0.3) is 5.91 Å². The minimum Gasteiger partial charge on any atom is -0.481 e. The minimum atomic E-state index is -0.859. The molecule has 1 heterocycles. The molecule has 0 aromatic carbocycles. The van der Waals surface area contributed by atoms with E-state index in [1.807, 2.05) is 0 Å². The molecular formula is C12H13ClN2O3. The van der Waals surface area contributed by atoms with Crippen molar-refractivity contribution in [1.82, 2.24) is 10.3 Å². The Morgan fingerprint density at radius 2 is 2.17 bits per heavy atom. The molecule has 1 aliphatic rings. The van der Waals surface area contributed by atoms with E-state index in [0.717, 1.165) is 6.42 Å².